The zero-order chi connectivity index (χ0) is 70.4. The number of aryl methyl sites for hydroxylation is 1. The summed E-state index contributed by atoms with van der Waals surface area (Å²) in [4.78, 5) is 49.9. The number of aliphatic hydroxyl groups excluding tert-OH is 1. The van der Waals surface area contributed by atoms with Gasteiger partial charge in [0, 0.05) is 46.9 Å². The maximum absolute atomic E-state index is 15.9. The van der Waals surface area contributed by atoms with Crippen LogP contribution < -0.4 is 26.0 Å². The molecule has 0 amide bonds. The lowest BCUT2D eigenvalue weighted by molar-refractivity contribution is -0.383. The molecule has 0 bridgehead atoms. The number of ether oxygens (including phenoxy) is 1. The van der Waals surface area contributed by atoms with Gasteiger partial charge in [-0.25, -0.2) is 18.4 Å². The number of rotatable bonds is 34. The Hall–Kier alpha value is -8.93. The van der Waals surface area contributed by atoms with E-state index in [1.165, 1.54) is 22.4 Å². The largest absolute Gasteiger partial charge is 0.507 e. The van der Waals surface area contributed by atoms with Crippen LogP contribution in [0.4, 0.5) is 31.5 Å². The highest BCUT2D eigenvalue weighted by molar-refractivity contribution is 6.33. The highest BCUT2D eigenvalue weighted by Gasteiger charge is 2.42. The van der Waals surface area contributed by atoms with Crippen molar-refractivity contribution in [2.24, 2.45) is 0 Å². The quantitative estimate of drug-likeness (QED) is 0.00650. The number of aromatic nitrogens is 3. The molecule has 0 saturated heterocycles. The minimum absolute atomic E-state index is 0.0963. The summed E-state index contributed by atoms with van der Waals surface area (Å²) in [6.07, 6.45) is 6.26. The molecular formula is C76H97F2N11O9. The summed E-state index contributed by atoms with van der Waals surface area (Å²) < 4.78 is 42.3. The molecule has 10 rings (SSSR count). The molecule has 1 aliphatic carbocycles. The second-order valence-corrected chi connectivity index (χ2v) is 25.0. The maximum atomic E-state index is 15.9. The van der Waals surface area contributed by atoms with Gasteiger partial charge in [-0.3, -0.25) is 19.7 Å². The number of pyridine rings is 1. The van der Waals surface area contributed by atoms with Gasteiger partial charge in [0.05, 0.1) is 55.3 Å². The number of phenolic OH excluding ortho intramolecular Hbond substituents is 2. The molecule has 2 aromatic heterocycles. The standard InChI is InChI=1S/C32H46F2N4O4.C29H28N2O2.C15H23N5O3/c1-7-37(8-2)17-11-13-19(5)35-29-25-26(32(42)24-22(40)16-15-21(39)23(24)31(25)41)30(28(34)27(29)33)36-20(6)14-12-18-38(9-3)10-4;32-22(20-33-29-17-7-10-21-9-1-2-11-23(21)29)19-30-18-8-14-24-25-12-3-5-15-27(25)31-28-16-6-4-13-26(24)28;1-4-19(5-2)10-6-7-11(3)16-12-8-9-13(20(21)22)15-14(12)17-23-18-15/h15-16,19-20,35-36,39-40H,7-14,17-18H2,1-6H3;1-7,9-13,15-17,22,30,32H,8,14,18-20H2;8-9,11,16H,4-7,10H2,1-3H3. The Kier molecular flexibility index (Phi) is 28.0. The lowest BCUT2D eigenvalue weighted by Gasteiger charge is -2.28. The summed E-state index contributed by atoms with van der Waals surface area (Å²) in [5.41, 5.74) is 2.25. The number of ketones is 2. The molecule has 524 valence electrons. The van der Waals surface area contributed by atoms with Crippen LogP contribution in [0.2, 0.25) is 0 Å². The number of fused-ring (bicyclic) bond motifs is 6. The molecule has 2 heterocycles. The minimum Gasteiger partial charge on any atom is -0.507 e. The van der Waals surface area contributed by atoms with E-state index in [1.807, 2.05) is 56.3 Å². The van der Waals surface area contributed by atoms with E-state index in [9.17, 15) is 35.0 Å². The molecule has 0 aliphatic heterocycles. The van der Waals surface area contributed by atoms with E-state index in [4.69, 9.17) is 9.72 Å². The van der Waals surface area contributed by atoms with Crippen LogP contribution in [0.15, 0.2) is 120 Å². The predicted molar refractivity (Wildman–Crippen MR) is 388 cm³/mol. The first-order valence-electron chi connectivity index (χ1n) is 34.7. The number of aromatic hydroxyl groups is 2. The van der Waals surface area contributed by atoms with Crippen molar-refractivity contribution in [2.75, 3.05) is 94.5 Å². The Balaban J connectivity index is 0.000000195. The molecule has 0 saturated carbocycles. The highest BCUT2D eigenvalue weighted by Crippen LogP contribution is 2.45. The fourth-order valence-electron chi connectivity index (χ4n) is 12.7. The number of phenols is 2. The Morgan fingerprint density at radius 2 is 1.03 bits per heavy atom. The molecule has 7 N–H and O–H groups in total. The molecule has 1 aliphatic rings. The van der Waals surface area contributed by atoms with Crippen LogP contribution in [-0.2, 0) is 6.42 Å². The number of benzene rings is 7. The van der Waals surface area contributed by atoms with Gasteiger partial charge in [0.15, 0.2) is 17.2 Å². The third kappa shape index (κ3) is 18.8. The van der Waals surface area contributed by atoms with Gasteiger partial charge in [0.25, 0.3) is 0 Å². The van der Waals surface area contributed by atoms with Crippen LogP contribution in [0.1, 0.15) is 145 Å². The smallest absolute Gasteiger partial charge is 0.300 e. The Labute approximate surface area is 573 Å². The normalized spacial score (nSPS) is 13.3. The Morgan fingerprint density at radius 3 is 1.53 bits per heavy atom. The van der Waals surface area contributed by atoms with E-state index < -0.39 is 68.2 Å². The van der Waals surface area contributed by atoms with Crippen molar-refractivity contribution >= 4 is 77.9 Å². The van der Waals surface area contributed by atoms with Gasteiger partial charge >= 0.3 is 5.69 Å². The molecule has 20 nitrogen and oxygen atoms in total. The van der Waals surface area contributed by atoms with E-state index in [-0.39, 0.29) is 47.1 Å². The first kappa shape index (κ1) is 74.9. The SMILES string of the molecule is CCN(CC)CCCC(C)Nc1c(F)c(F)c(NC(C)CCCN(CC)CC)c2c1C(=O)c1c(O)ccc(O)c1C2=O.CCN(CC)CCCC(C)Nc1ccc([N+](=O)[O-])c2nonc12.OC(CNCCCc1c2ccccc2nc2ccccc12)COc1cccc2ccccc12. The molecule has 0 spiro atoms. The number of para-hydroxylation sites is 2. The first-order valence-corrected chi connectivity index (χ1v) is 34.7. The summed E-state index contributed by atoms with van der Waals surface area (Å²) in [5, 5.41) is 67.1. The van der Waals surface area contributed by atoms with Crippen molar-refractivity contribution in [3.8, 4) is 17.2 Å². The van der Waals surface area contributed by atoms with E-state index in [2.05, 4.69) is 148 Å². The highest BCUT2D eigenvalue weighted by atomic mass is 19.2. The number of nitrogens with zero attached hydrogens (tertiary/aromatic N) is 7. The molecule has 4 unspecified atom stereocenters. The predicted octanol–water partition coefficient (Wildman–Crippen LogP) is 14.6. The number of hydrogen-bond acceptors (Lipinski definition) is 19. The molecule has 98 heavy (non-hydrogen) atoms. The van der Waals surface area contributed by atoms with E-state index in [1.54, 1.807) is 6.07 Å². The van der Waals surface area contributed by atoms with Gasteiger partial charge in [-0.15, -0.1) is 0 Å². The summed E-state index contributed by atoms with van der Waals surface area (Å²) >= 11 is 0. The van der Waals surface area contributed by atoms with Gasteiger partial charge < -0.3 is 56.0 Å². The van der Waals surface area contributed by atoms with Crippen molar-refractivity contribution < 1.29 is 48.0 Å². The number of carbonyl (C=O) groups is 2. The second-order valence-electron chi connectivity index (χ2n) is 25.0. The third-order valence-corrected chi connectivity index (χ3v) is 18.3. The average molecular weight is 1350 g/mol. The second kappa shape index (κ2) is 36.6. The number of anilines is 3. The summed E-state index contributed by atoms with van der Waals surface area (Å²) in [5.74, 6) is -4.49. The van der Waals surface area contributed by atoms with Crippen LogP contribution >= 0.6 is 0 Å². The number of aliphatic hydroxyl groups is 1. The number of non-ortho nitro benzene ring substituents is 1. The molecular weight excluding hydrogens is 1250 g/mol. The van der Waals surface area contributed by atoms with Crippen LogP contribution in [0.3, 0.4) is 0 Å². The van der Waals surface area contributed by atoms with Crippen molar-refractivity contribution in [1.29, 1.82) is 0 Å². The zero-order valence-electron chi connectivity index (χ0n) is 58.1. The monoisotopic (exact) mass is 1350 g/mol. The van der Waals surface area contributed by atoms with E-state index in [0.29, 0.717) is 30.6 Å². The van der Waals surface area contributed by atoms with E-state index in [0.717, 1.165) is 144 Å². The molecule has 4 atom stereocenters. The van der Waals surface area contributed by atoms with Crippen LogP contribution in [0.5, 0.6) is 17.2 Å². The Morgan fingerprint density at radius 1 is 0.571 bits per heavy atom. The number of nitrogens with one attached hydrogen (secondary N) is 4. The van der Waals surface area contributed by atoms with Crippen molar-refractivity contribution in [3.05, 3.63) is 165 Å². The van der Waals surface area contributed by atoms with Gasteiger partial charge in [0.1, 0.15) is 30.0 Å². The van der Waals surface area contributed by atoms with Crippen LogP contribution in [-0.4, -0.2) is 165 Å². The lowest BCUT2D eigenvalue weighted by atomic mass is 9.80. The first-order chi connectivity index (χ1) is 47.4. The third-order valence-electron chi connectivity index (χ3n) is 18.3. The van der Waals surface area contributed by atoms with Gasteiger partial charge in [0.2, 0.25) is 17.1 Å². The fourth-order valence-corrected chi connectivity index (χ4v) is 12.7. The van der Waals surface area contributed by atoms with Crippen molar-refractivity contribution in [2.45, 2.75) is 138 Å². The summed E-state index contributed by atoms with van der Waals surface area (Å²) in [6, 6.07) is 35.6. The number of nitro groups is 1. The number of carbonyl (C=O) groups excluding carboxylic acids is 2. The lowest BCUT2D eigenvalue weighted by Crippen LogP contribution is -2.32. The van der Waals surface area contributed by atoms with Crippen molar-refractivity contribution in [3.63, 3.8) is 0 Å². The minimum atomic E-state index is -1.27. The molecule has 9 aromatic rings. The van der Waals surface area contributed by atoms with Gasteiger partial charge in [-0.1, -0.05) is 114 Å². The van der Waals surface area contributed by atoms with E-state index >= 15 is 8.78 Å². The van der Waals surface area contributed by atoms with Crippen LogP contribution in [0.25, 0.3) is 43.6 Å². The number of nitro benzene ring substituents is 1. The number of halogens is 2. The summed E-state index contributed by atoms with van der Waals surface area (Å²) in [7, 11) is 0. The van der Waals surface area contributed by atoms with Gasteiger partial charge in [-0.2, -0.15) is 0 Å². The fraction of sp³-hybridized carbons (Fsp3) is 0.434. The van der Waals surface area contributed by atoms with Crippen LogP contribution in [0, 0.1) is 21.7 Å². The Bertz CT molecular complexity index is 3970. The van der Waals surface area contributed by atoms with Crippen molar-refractivity contribution in [1.82, 2.24) is 35.3 Å². The summed E-state index contributed by atoms with van der Waals surface area (Å²) in [6.45, 7) is 28.4. The molecule has 0 fully saturated rings. The maximum Gasteiger partial charge on any atom is 0.300 e. The van der Waals surface area contributed by atoms with Gasteiger partial charge in [-0.05, 0) is 195 Å². The molecule has 22 heteroatoms. The zero-order valence-corrected chi connectivity index (χ0v) is 58.1. The molecule has 7 aromatic carbocycles. The number of hydrogen-bond donors (Lipinski definition) is 7. The topological polar surface area (TPSA) is 257 Å². The molecule has 0 radical (unpaired) electrons. The average Bonchev–Trinajstić information content (AvgIpc) is 0.812.